The summed E-state index contributed by atoms with van der Waals surface area (Å²) in [6.07, 6.45) is 7.79. The number of hydrogen-bond acceptors (Lipinski definition) is 2. The van der Waals surface area contributed by atoms with E-state index in [1.165, 1.54) is 30.4 Å². The molecule has 3 nitrogen and oxygen atoms in total. The van der Waals surface area contributed by atoms with E-state index in [1.807, 2.05) is 4.90 Å². The number of fused-ring (bicyclic) bond motifs is 1. The van der Waals surface area contributed by atoms with Crippen molar-refractivity contribution in [3.63, 3.8) is 0 Å². The van der Waals surface area contributed by atoms with Gasteiger partial charge in [0.1, 0.15) is 0 Å². The lowest BCUT2D eigenvalue weighted by Crippen LogP contribution is -2.35. The molecule has 0 spiro atoms. The number of rotatable bonds is 8. The van der Waals surface area contributed by atoms with Gasteiger partial charge in [0, 0.05) is 30.5 Å². The third kappa shape index (κ3) is 4.17. The monoisotopic (exact) mass is 326 g/mol. The van der Waals surface area contributed by atoms with E-state index in [9.17, 15) is 4.79 Å². The van der Waals surface area contributed by atoms with E-state index in [0.29, 0.717) is 19.4 Å². The number of unbranched alkanes of at least 4 members (excludes halogenated alkanes) is 4. The van der Waals surface area contributed by atoms with Crippen LogP contribution in [0.2, 0.25) is 0 Å². The summed E-state index contributed by atoms with van der Waals surface area (Å²) in [5, 5.41) is 8.98. The van der Waals surface area contributed by atoms with Gasteiger partial charge in [0.25, 0.3) is 0 Å². The summed E-state index contributed by atoms with van der Waals surface area (Å²) in [5.41, 5.74) is 3.40. The fourth-order valence-corrected chi connectivity index (χ4v) is 3.67. The number of amides is 1. The lowest BCUT2D eigenvalue weighted by Gasteiger charge is -2.25. The second kappa shape index (κ2) is 8.33. The summed E-state index contributed by atoms with van der Waals surface area (Å²) in [7, 11) is 0. The van der Waals surface area contributed by atoms with Crippen LogP contribution in [0.4, 0.5) is 5.69 Å². The fraction of sp³-hybridized carbons (Fsp3) is 0.619. The maximum absolute atomic E-state index is 12.7. The molecule has 0 bridgehead atoms. The molecule has 130 valence electrons. The summed E-state index contributed by atoms with van der Waals surface area (Å²) < 4.78 is 0. The molecule has 1 amide bonds. The van der Waals surface area contributed by atoms with Crippen LogP contribution in [0, 0.1) is 18.3 Å². The fourth-order valence-electron chi connectivity index (χ4n) is 3.67. The van der Waals surface area contributed by atoms with Crippen molar-refractivity contribution in [1.82, 2.24) is 0 Å². The standard InChI is InChI=1S/C21H30N2O/c1-4-5-6-7-8-10-20(24)23-16-21(3,13-9-14-22)18-15-17(2)11-12-19(18)23/h11-12,15H,4-10,13,16H2,1-3H3. The molecule has 3 heteroatoms. The highest BCUT2D eigenvalue weighted by Crippen LogP contribution is 2.44. The van der Waals surface area contributed by atoms with E-state index in [0.717, 1.165) is 24.9 Å². The summed E-state index contributed by atoms with van der Waals surface area (Å²) >= 11 is 0. The molecule has 1 aliphatic heterocycles. The van der Waals surface area contributed by atoms with Gasteiger partial charge in [-0.2, -0.15) is 5.26 Å². The Balaban J connectivity index is 2.10. The molecular weight excluding hydrogens is 296 g/mol. The van der Waals surface area contributed by atoms with Gasteiger partial charge in [0.15, 0.2) is 0 Å². The van der Waals surface area contributed by atoms with Crippen LogP contribution in [0.25, 0.3) is 0 Å². The molecule has 1 unspecified atom stereocenters. The molecule has 0 fully saturated rings. The third-order valence-electron chi connectivity index (χ3n) is 5.18. The van der Waals surface area contributed by atoms with Crippen LogP contribution in [0.1, 0.15) is 76.3 Å². The van der Waals surface area contributed by atoms with E-state index >= 15 is 0 Å². The number of hydrogen-bond donors (Lipinski definition) is 0. The molecule has 2 rings (SSSR count). The van der Waals surface area contributed by atoms with Gasteiger partial charge in [-0.3, -0.25) is 4.79 Å². The first-order valence-corrected chi connectivity index (χ1v) is 9.30. The van der Waals surface area contributed by atoms with Crippen LogP contribution in [-0.2, 0) is 10.2 Å². The average molecular weight is 326 g/mol. The highest BCUT2D eigenvalue weighted by molar-refractivity contribution is 5.96. The molecule has 0 N–H and O–H groups in total. The van der Waals surface area contributed by atoms with E-state index in [-0.39, 0.29) is 11.3 Å². The largest absolute Gasteiger partial charge is 0.311 e. The lowest BCUT2D eigenvalue weighted by molar-refractivity contribution is -0.118. The first kappa shape index (κ1) is 18.5. The third-order valence-corrected chi connectivity index (χ3v) is 5.18. The van der Waals surface area contributed by atoms with Crippen LogP contribution < -0.4 is 4.90 Å². The van der Waals surface area contributed by atoms with Gasteiger partial charge >= 0.3 is 0 Å². The van der Waals surface area contributed by atoms with Crippen molar-refractivity contribution < 1.29 is 4.79 Å². The molecule has 1 atom stereocenters. The molecule has 0 saturated carbocycles. The molecule has 0 saturated heterocycles. The lowest BCUT2D eigenvalue weighted by atomic mass is 9.80. The topological polar surface area (TPSA) is 44.1 Å². The number of aryl methyl sites for hydroxylation is 1. The SMILES string of the molecule is CCCCCCCC(=O)N1CC(C)(CCC#N)c2cc(C)ccc21. The van der Waals surface area contributed by atoms with Crippen molar-refractivity contribution in [1.29, 1.82) is 5.26 Å². The Labute approximate surface area is 146 Å². The molecule has 0 aliphatic carbocycles. The predicted octanol–water partition coefficient (Wildman–Crippen LogP) is 5.26. The van der Waals surface area contributed by atoms with Crippen molar-refractivity contribution >= 4 is 11.6 Å². The van der Waals surface area contributed by atoms with Crippen LogP contribution >= 0.6 is 0 Å². The minimum atomic E-state index is -0.102. The highest BCUT2D eigenvalue weighted by atomic mass is 16.2. The molecule has 24 heavy (non-hydrogen) atoms. The number of benzene rings is 1. The maximum Gasteiger partial charge on any atom is 0.227 e. The van der Waals surface area contributed by atoms with E-state index in [4.69, 9.17) is 5.26 Å². The summed E-state index contributed by atoms with van der Waals surface area (Å²) in [4.78, 5) is 14.7. The van der Waals surface area contributed by atoms with Gasteiger partial charge < -0.3 is 4.90 Å². The van der Waals surface area contributed by atoms with Crippen LogP contribution in [0.3, 0.4) is 0 Å². The summed E-state index contributed by atoms with van der Waals surface area (Å²) in [5.74, 6) is 0.234. The predicted molar refractivity (Wildman–Crippen MR) is 99.1 cm³/mol. The number of nitrogens with zero attached hydrogens (tertiary/aromatic N) is 2. The van der Waals surface area contributed by atoms with Gasteiger partial charge in [-0.1, -0.05) is 57.2 Å². The zero-order valence-corrected chi connectivity index (χ0v) is 15.4. The van der Waals surface area contributed by atoms with Crippen molar-refractivity contribution in [2.45, 2.75) is 77.6 Å². The van der Waals surface area contributed by atoms with Gasteiger partial charge in [-0.25, -0.2) is 0 Å². The number of carbonyl (C=O) groups is 1. The highest BCUT2D eigenvalue weighted by Gasteiger charge is 2.40. The molecule has 0 radical (unpaired) electrons. The Morgan fingerprint density at radius 3 is 2.75 bits per heavy atom. The quantitative estimate of drug-likeness (QED) is 0.611. The molecule has 1 heterocycles. The van der Waals surface area contributed by atoms with Crippen LogP contribution in [0.15, 0.2) is 18.2 Å². The number of anilines is 1. The molecule has 1 aliphatic rings. The van der Waals surface area contributed by atoms with Crippen LogP contribution in [-0.4, -0.2) is 12.5 Å². The first-order chi connectivity index (χ1) is 11.5. The normalized spacial score (nSPS) is 19.2. The first-order valence-electron chi connectivity index (χ1n) is 9.30. The Morgan fingerprint density at radius 2 is 2.04 bits per heavy atom. The molecule has 1 aromatic rings. The second-order valence-electron chi connectivity index (χ2n) is 7.38. The average Bonchev–Trinajstić information content (AvgIpc) is 2.86. The Kier molecular flexibility index (Phi) is 6.43. The van der Waals surface area contributed by atoms with E-state index < -0.39 is 0 Å². The Morgan fingerprint density at radius 1 is 1.29 bits per heavy atom. The van der Waals surface area contributed by atoms with Crippen LogP contribution in [0.5, 0.6) is 0 Å². The number of carbonyl (C=O) groups excluding carboxylic acids is 1. The Bertz CT molecular complexity index is 617. The van der Waals surface area contributed by atoms with E-state index in [1.54, 1.807) is 0 Å². The van der Waals surface area contributed by atoms with Crippen molar-refractivity contribution in [3.05, 3.63) is 29.3 Å². The van der Waals surface area contributed by atoms with Gasteiger partial charge in [-0.15, -0.1) is 0 Å². The minimum Gasteiger partial charge on any atom is -0.311 e. The second-order valence-corrected chi connectivity index (χ2v) is 7.38. The zero-order valence-electron chi connectivity index (χ0n) is 15.4. The minimum absolute atomic E-state index is 0.102. The summed E-state index contributed by atoms with van der Waals surface area (Å²) in [6.45, 7) is 7.19. The zero-order chi connectivity index (χ0) is 17.6. The van der Waals surface area contributed by atoms with Crippen molar-refractivity contribution in [2.75, 3.05) is 11.4 Å². The maximum atomic E-state index is 12.7. The van der Waals surface area contributed by atoms with Gasteiger partial charge in [0.2, 0.25) is 5.91 Å². The van der Waals surface area contributed by atoms with Crippen molar-refractivity contribution in [2.24, 2.45) is 0 Å². The molecular formula is C21H30N2O. The summed E-state index contributed by atoms with van der Waals surface area (Å²) in [6, 6.07) is 8.62. The van der Waals surface area contributed by atoms with E-state index in [2.05, 4.69) is 45.0 Å². The Hall–Kier alpha value is -1.82. The molecule has 1 aromatic carbocycles. The van der Waals surface area contributed by atoms with Crippen molar-refractivity contribution in [3.8, 4) is 6.07 Å². The van der Waals surface area contributed by atoms with Gasteiger partial charge in [-0.05, 0) is 31.4 Å². The smallest absolute Gasteiger partial charge is 0.227 e. The molecule has 0 aromatic heterocycles. The van der Waals surface area contributed by atoms with Gasteiger partial charge in [0.05, 0.1) is 6.07 Å². The number of nitriles is 1.